The monoisotopic (exact) mass is 404 g/mol. The summed E-state index contributed by atoms with van der Waals surface area (Å²) in [6.45, 7) is 4.29. The van der Waals surface area contributed by atoms with Crippen molar-refractivity contribution in [2.75, 3.05) is 20.6 Å². The van der Waals surface area contributed by atoms with Crippen LogP contribution in [0.4, 0.5) is 0 Å². The molecule has 1 aromatic rings. The minimum atomic E-state index is 0. The molecule has 4 nitrogen and oxygen atoms in total. The zero-order chi connectivity index (χ0) is 14.6. The molecule has 0 radical (unpaired) electrons. The van der Waals surface area contributed by atoms with Crippen molar-refractivity contribution in [2.24, 2.45) is 17.5 Å². The van der Waals surface area contributed by atoms with E-state index in [0.29, 0.717) is 5.41 Å². The first-order chi connectivity index (χ1) is 9.54. The largest absolute Gasteiger partial charge is 0.356 e. The lowest BCUT2D eigenvalue weighted by Gasteiger charge is -2.28. The third-order valence-electron chi connectivity index (χ3n) is 4.51. The Bertz CT molecular complexity index is 461. The average molecular weight is 404 g/mol. The molecule has 120 valence electrons. The van der Waals surface area contributed by atoms with Crippen LogP contribution in [0.1, 0.15) is 38.3 Å². The fraction of sp³-hybridized carbons (Fsp3) is 0.688. The summed E-state index contributed by atoms with van der Waals surface area (Å²) in [6, 6.07) is 4.24. The summed E-state index contributed by atoms with van der Waals surface area (Å²) in [5.74, 6) is 0.985. The Morgan fingerprint density at radius 3 is 2.62 bits per heavy atom. The van der Waals surface area contributed by atoms with Gasteiger partial charge in [0.15, 0.2) is 5.96 Å². The van der Waals surface area contributed by atoms with E-state index in [1.54, 1.807) is 0 Å². The average Bonchev–Trinajstić information content (AvgIpc) is 3.01. The van der Waals surface area contributed by atoms with Crippen LogP contribution in [-0.4, -0.2) is 36.1 Å². The summed E-state index contributed by atoms with van der Waals surface area (Å²) in [5, 5.41) is 3.55. The Morgan fingerprint density at radius 1 is 1.43 bits per heavy atom. The van der Waals surface area contributed by atoms with Crippen LogP contribution in [0.25, 0.3) is 0 Å². The van der Waals surface area contributed by atoms with E-state index in [4.69, 9.17) is 0 Å². The highest BCUT2D eigenvalue weighted by Crippen LogP contribution is 2.36. The predicted molar refractivity (Wildman–Crippen MR) is 100 cm³/mol. The lowest BCUT2D eigenvalue weighted by atomic mass is 9.89. The summed E-state index contributed by atoms with van der Waals surface area (Å²) in [5.41, 5.74) is 1.74. The number of aromatic nitrogens is 1. The second-order valence-corrected chi connectivity index (χ2v) is 6.39. The van der Waals surface area contributed by atoms with E-state index >= 15 is 0 Å². The van der Waals surface area contributed by atoms with E-state index in [2.05, 4.69) is 59.1 Å². The molecular weight excluding hydrogens is 375 g/mol. The summed E-state index contributed by atoms with van der Waals surface area (Å²) in [7, 11) is 6.04. The molecule has 1 heterocycles. The van der Waals surface area contributed by atoms with Gasteiger partial charge in [-0.2, -0.15) is 0 Å². The lowest BCUT2D eigenvalue weighted by Crippen LogP contribution is -2.43. The Kier molecular flexibility index (Phi) is 7.03. The van der Waals surface area contributed by atoms with Crippen molar-refractivity contribution in [3.05, 3.63) is 24.0 Å². The molecule has 1 N–H and O–H groups in total. The molecule has 1 fully saturated rings. The topological polar surface area (TPSA) is 32.6 Å². The molecule has 1 aromatic heterocycles. The fourth-order valence-electron chi connectivity index (χ4n) is 3.06. The number of aliphatic imine (C=N–C) groups is 1. The molecule has 0 aromatic carbocycles. The smallest absolute Gasteiger partial charge is 0.193 e. The van der Waals surface area contributed by atoms with Crippen LogP contribution in [0.3, 0.4) is 0 Å². The van der Waals surface area contributed by atoms with Crippen LogP contribution in [-0.2, 0) is 13.6 Å². The molecule has 0 atom stereocenters. The second-order valence-electron chi connectivity index (χ2n) is 6.39. The maximum absolute atomic E-state index is 4.41. The highest BCUT2D eigenvalue weighted by Gasteiger charge is 2.28. The number of nitrogens with zero attached hydrogens (tertiary/aromatic N) is 3. The van der Waals surface area contributed by atoms with Crippen LogP contribution >= 0.6 is 24.0 Å². The minimum absolute atomic E-state index is 0. The predicted octanol–water partition coefficient (Wildman–Crippen LogP) is 3.23. The number of guanidine groups is 1. The van der Waals surface area contributed by atoms with Crippen LogP contribution in [0.15, 0.2) is 23.3 Å². The van der Waals surface area contributed by atoms with Crippen LogP contribution < -0.4 is 5.32 Å². The summed E-state index contributed by atoms with van der Waals surface area (Å²) in [4.78, 5) is 6.60. The van der Waals surface area contributed by atoms with E-state index in [1.165, 1.54) is 31.4 Å². The van der Waals surface area contributed by atoms with Crippen LogP contribution in [0.5, 0.6) is 0 Å². The van der Waals surface area contributed by atoms with Gasteiger partial charge in [-0.1, -0.05) is 19.8 Å². The van der Waals surface area contributed by atoms with Crippen molar-refractivity contribution < 1.29 is 0 Å². The van der Waals surface area contributed by atoms with Gasteiger partial charge >= 0.3 is 0 Å². The van der Waals surface area contributed by atoms with Gasteiger partial charge in [-0.05, 0) is 30.4 Å². The van der Waals surface area contributed by atoms with E-state index in [-0.39, 0.29) is 24.0 Å². The zero-order valence-electron chi connectivity index (χ0n) is 13.7. The lowest BCUT2D eigenvalue weighted by molar-refractivity contribution is 0.326. The normalized spacial score (nSPS) is 17.4. The molecule has 2 rings (SSSR count). The standard InChI is InChI=1S/C16H28N4.HI/c1-16(9-5-6-10-16)13-18-15(17-2)20(4)12-14-8-7-11-19(14)3;/h7-8,11H,5-6,9-10,12-13H2,1-4H3,(H,17,18);1H. The molecule has 21 heavy (non-hydrogen) atoms. The fourth-order valence-corrected chi connectivity index (χ4v) is 3.06. The third kappa shape index (κ3) is 4.90. The molecule has 5 heteroatoms. The number of rotatable bonds is 4. The summed E-state index contributed by atoms with van der Waals surface area (Å²) >= 11 is 0. The Hall–Kier alpha value is -0.720. The molecule has 0 unspecified atom stereocenters. The number of halogens is 1. The second kappa shape index (κ2) is 8.06. The molecule has 0 spiro atoms. The van der Waals surface area contributed by atoms with E-state index in [0.717, 1.165) is 19.0 Å². The Labute approximate surface area is 146 Å². The van der Waals surface area contributed by atoms with E-state index < -0.39 is 0 Å². The van der Waals surface area contributed by atoms with Gasteiger partial charge in [0, 0.05) is 39.6 Å². The number of hydrogen-bond acceptors (Lipinski definition) is 1. The molecule has 1 aliphatic rings. The van der Waals surface area contributed by atoms with Gasteiger partial charge in [-0.3, -0.25) is 4.99 Å². The summed E-state index contributed by atoms with van der Waals surface area (Å²) < 4.78 is 2.15. The SMILES string of the molecule is CN=C(NCC1(C)CCCC1)N(C)Cc1cccn1C.I. The first-order valence-corrected chi connectivity index (χ1v) is 7.56. The van der Waals surface area contributed by atoms with Gasteiger partial charge < -0.3 is 14.8 Å². The zero-order valence-corrected chi connectivity index (χ0v) is 16.1. The van der Waals surface area contributed by atoms with E-state index in [1.807, 2.05) is 7.05 Å². The minimum Gasteiger partial charge on any atom is -0.356 e. The Morgan fingerprint density at radius 2 is 2.10 bits per heavy atom. The third-order valence-corrected chi connectivity index (χ3v) is 4.51. The van der Waals surface area contributed by atoms with Gasteiger partial charge in [-0.25, -0.2) is 0 Å². The highest BCUT2D eigenvalue weighted by molar-refractivity contribution is 14.0. The van der Waals surface area contributed by atoms with Crippen molar-refractivity contribution in [1.29, 1.82) is 0 Å². The first kappa shape index (κ1) is 18.3. The first-order valence-electron chi connectivity index (χ1n) is 7.56. The van der Waals surface area contributed by atoms with Crippen molar-refractivity contribution in [1.82, 2.24) is 14.8 Å². The molecule has 0 aliphatic heterocycles. The van der Waals surface area contributed by atoms with Gasteiger partial charge in [0.1, 0.15) is 0 Å². The number of aryl methyl sites for hydroxylation is 1. The van der Waals surface area contributed by atoms with Crippen molar-refractivity contribution >= 4 is 29.9 Å². The van der Waals surface area contributed by atoms with Gasteiger partial charge in [0.2, 0.25) is 0 Å². The highest BCUT2D eigenvalue weighted by atomic mass is 127. The van der Waals surface area contributed by atoms with Crippen molar-refractivity contribution in [2.45, 2.75) is 39.2 Å². The van der Waals surface area contributed by atoms with Gasteiger partial charge in [-0.15, -0.1) is 24.0 Å². The van der Waals surface area contributed by atoms with Crippen molar-refractivity contribution in [3.8, 4) is 0 Å². The molecule has 1 saturated carbocycles. The number of hydrogen-bond donors (Lipinski definition) is 1. The molecular formula is C16H29IN4. The maximum Gasteiger partial charge on any atom is 0.193 e. The van der Waals surface area contributed by atoms with Gasteiger partial charge in [0.05, 0.1) is 6.54 Å². The number of nitrogens with one attached hydrogen (secondary N) is 1. The van der Waals surface area contributed by atoms with Crippen LogP contribution in [0, 0.1) is 5.41 Å². The van der Waals surface area contributed by atoms with Gasteiger partial charge in [0.25, 0.3) is 0 Å². The van der Waals surface area contributed by atoms with E-state index in [9.17, 15) is 0 Å². The van der Waals surface area contributed by atoms with Crippen molar-refractivity contribution in [3.63, 3.8) is 0 Å². The molecule has 0 bridgehead atoms. The quantitative estimate of drug-likeness (QED) is 0.475. The molecule has 1 aliphatic carbocycles. The van der Waals surface area contributed by atoms with Crippen LogP contribution in [0.2, 0.25) is 0 Å². The Balaban J connectivity index is 0.00000220. The summed E-state index contributed by atoms with van der Waals surface area (Å²) in [6.07, 6.45) is 7.49. The molecule has 0 saturated heterocycles. The molecule has 0 amide bonds. The maximum atomic E-state index is 4.41.